The number of aromatic nitrogens is 2. The number of carbonyl (C=O) groups is 1. The monoisotopic (exact) mass is 232 g/mol. The van der Waals surface area contributed by atoms with E-state index in [1.807, 2.05) is 0 Å². The lowest BCUT2D eigenvalue weighted by Gasteiger charge is -2.03. The van der Waals surface area contributed by atoms with Gasteiger partial charge in [0, 0.05) is 19.4 Å². The summed E-state index contributed by atoms with van der Waals surface area (Å²) >= 11 is 0. The SMILES string of the molecule is CNc1c(NC(=O)c2cccnc2)noc1C. The molecule has 2 aromatic heterocycles. The fourth-order valence-corrected chi connectivity index (χ4v) is 1.43. The zero-order valence-corrected chi connectivity index (χ0v) is 9.52. The van der Waals surface area contributed by atoms with Gasteiger partial charge >= 0.3 is 0 Å². The van der Waals surface area contributed by atoms with Gasteiger partial charge in [0.15, 0.2) is 11.6 Å². The van der Waals surface area contributed by atoms with Crippen LogP contribution in [0, 0.1) is 6.92 Å². The molecule has 0 aliphatic carbocycles. The molecular formula is C11H12N4O2. The molecule has 2 rings (SSSR count). The second-order valence-electron chi connectivity index (χ2n) is 3.41. The van der Waals surface area contributed by atoms with Crippen LogP contribution in [-0.2, 0) is 0 Å². The lowest BCUT2D eigenvalue weighted by Crippen LogP contribution is -2.13. The van der Waals surface area contributed by atoms with E-state index in [1.165, 1.54) is 6.20 Å². The Morgan fingerprint density at radius 1 is 1.47 bits per heavy atom. The van der Waals surface area contributed by atoms with Gasteiger partial charge in [-0.05, 0) is 19.1 Å². The molecule has 17 heavy (non-hydrogen) atoms. The summed E-state index contributed by atoms with van der Waals surface area (Å²) in [5.74, 6) is 0.718. The fourth-order valence-electron chi connectivity index (χ4n) is 1.43. The number of amides is 1. The van der Waals surface area contributed by atoms with Crippen molar-refractivity contribution in [1.29, 1.82) is 0 Å². The van der Waals surface area contributed by atoms with Crippen molar-refractivity contribution in [1.82, 2.24) is 10.1 Å². The zero-order valence-electron chi connectivity index (χ0n) is 9.52. The minimum absolute atomic E-state index is 0.275. The highest BCUT2D eigenvalue weighted by Gasteiger charge is 2.14. The van der Waals surface area contributed by atoms with E-state index >= 15 is 0 Å². The lowest BCUT2D eigenvalue weighted by molar-refractivity contribution is 0.102. The van der Waals surface area contributed by atoms with E-state index < -0.39 is 0 Å². The second kappa shape index (κ2) is 4.65. The topological polar surface area (TPSA) is 80.0 Å². The Balaban J connectivity index is 2.19. The highest BCUT2D eigenvalue weighted by Crippen LogP contribution is 2.24. The minimum Gasteiger partial charge on any atom is -0.382 e. The fraction of sp³-hybridized carbons (Fsp3) is 0.182. The molecule has 2 heterocycles. The van der Waals surface area contributed by atoms with Crippen molar-refractivity contribution < 1.29 is 9.32 Å². The van der Waals surface area contributed by atoms with Crippen LogP contribution in [0.2, 0.25) is 0 Å². The number of aryl methyl sites for hydroxylation is 1. The van der Waals surface area contributed by atoms with Gasteiger partial charge in [0.25, 0.3) is 5.91 Å². The molecule has 0 atom stereocenters. The highest BCUT2D eigenvalue weighted by atomic mass is 16.5. The molecule has 0 bridgehead atoms. The van der Waals surface area contributed by atoms with Gasteiger partial charge in [-0.3, -0.25) is 9.78 Å². The Hall–Kier alpha value is -2.37. The van der Waals surface area contributed by atoms with Crippen molar-refractivity contribution in [3.05, 3.63) is 35.9 Å². The summed E-state index contributed by atoms with van der Waals surface area (Å²) in [7, 11) is 1.74. The third kappa shape index (κ3) is 2.25. The van der Waals surface area contributed by atoms with Gasteiger partial charge in [-0.2, -0.15) is 0 Å². The van der Waals surface area contributed by atoms with E-state index in [2.05, 4.69) is 20.8 Å². The molecule has 0 aromatic carbocycles. The van der Waals surface area contributed by atoms with Crippen molar-refractivity contribution in [2.24, 2.45) is 0 Å². The van der Waals surface area contributed by atoms with Crippen LogP contribution in [0.25, 0.3) is 0 Å². The zero-order chi connectivity index (χ0) is 12.3. The summed E-state index contributed by atoms with van der Waals surface area (Å²) in [5.41, 5.74) is 1.14. The highest BCUT2D eigenvalue weighted by molar-refractivity contribution is 6.05. The maximum absolute atomic E-state index is 11.8. The summed E-state index contributed by atoms with van der Waals surface area (Å²) < 4.78 is 4.98. The van der Waals surface area contributed by atoms with Crippen LogP contribution in [0.3, 0.4) is 0 Å². The number of anilines is 2. The normalized spacial score (nSPS) is 10.0. The first-order chi connectivity index (χ1) is 8.22. The molecule has 0 saturated carbocycles. The second-order valence-corrected chi connectivity index (χ2v) is 3.41. The first-order valence-corrected chi connectivity index (χ1v) is 5.07. The van der Waals surface area contributed by atoms with Gasteiger partial charge in [0.1, 0.15) is 5.69 Å². The molecule has 0 fully saturated rings. The number of hydrogen-bond donors (Lipinski definition) is 2. The van der Waals surface area contributed by atoms with Crippen LogP contribution in [0.5, 0.6) is 0 Å². The Labute approximate surface area is 98.0 Å². The maximum Gasteiger partial charge on any atom is 0.258 e. The van der Waals surface area contributed by atoms with Gasteiger partial charge in [-0.15, -0.1) is 0 Å². The molecule has 0 aliphatic rings. The molecule has 0 aliphatic heterocycles. The Bertz CT molecular complexity index is 522. The minimum atomic E-state index is -0.275. The van der Waals surface area contributed by atoms with Crippen LogP contribution in [0.4, 0.5) is 11.5 Å². The number of nitrogens with one attached hydrogen (secondary N) is 2. The maximum atomic E-state index is 11.8. The van der Waals surface area contributed by atoms with Gasteiger partial charge < -0.3 is 15.2 Å². The van der Waals surface area contributed by atoms with Crippen LogP contribution in [0.1, 0.15) is 16.1 Å². The number of carbonyl (C=O) groups excluding carboxylic acids is 1. The van der Waals surface area contributed by atoms with Gasteiger partial charge in [0.2, 0.25) is 0 Å². The van der Waals surface area contributed by atoms with E-state index in [1.54, 1.807) is 32.3 Å². The molecule has 6 heteroatoms. The Morgan fingerprint density at radius 3 is 2.94 bits per heavy atom. The third-order valence-electron chi connectivity index (χ3n) is 2.27. The Kier molecular flexibility index (Phi) is 3.04. The standard InChI is InChI=1S/C11H12N4O2/c1-7-9(12-2)10(15-17-7)14-11(16)8-4-3-5-13-6-8/h3-6,12H,1-2H3,(H,14,15,16). The smallest absolute Gasteiger partial charge is 0.258 e. The Morgan fingerprint density at radius 2 is 2.29 bits per heavy atom. The largest absolute Gasteiger partial charge is 0.382 e. The van der Waals surface area contributed by atoms with Crippen LogP contribution in [-0.4, -0.2) is 23.1 Å². The van der Waals surface area contributed by atoms with Crippen molar-refractivity contribution in [3.8, 4) is 0 Å². The predicted octanol–water partition coefficient (Wildman–Crippen LogP) is 1.67. The van der Waals surface area contributed by atoms with E-state index in [0.717, 1.165) is 0 Å². The summed E-state index contributed by atoms with van der Waals surface area (Å²) in [4.78, 5) is 15.7. The van der Waals surface area contributed by atoms with Crippen molar-refractivity contribution >= 4 is 17.4 Å². The molecule has 6 nitrogen and oxygen atoms in total. The summed E-state index contributed by atoms with van der Waals surface area (Å²) in [6.07, 6.45) is 3.09. The van der Waals surface area contributed by atoms with Gasteiger partial charge in [0.05, 0.1) is 5.56 Å². The van der Waals surface area contributed by atoms with E-state index in [9.17, 15) is 4.79 Å². The van der Waals surface area contributed by atoms with Crippen molar-refractivity contribution in [2.45, 2.75) is 6.92 Å². The van der Waals surface area contributed by atoms with E-state index in [4.69, 9.17) is 4.52 Å². The number of rotatable bonds is 3. The van der Waals surface area contributed by atoms with E-state index in [0.29, 0.717) is 22.8 Å². The molecule has 0 saturated heterocycles. The molecule has 0 unspecified atom stereocenters. The first kappa shape index (κ1) is 11.1. The molecule has 88 valence electrons. The van der Waals surface area contributed by atoms with E-state index in [-0.39, 0.29) is 5.91 Å². The molecule has 1 amide bonds. The molecular weight excluding hydrogens is 220 g/mol. The average molecular weight is 232 g/mol. The van der Waals surface area contributed by atoms with Crippen LogP contribution in [0.15, 0.2) is 29.0 Å². The van der Waals surface area contributed by atoms with Crippen molar-refractivity contribution in [3.63, 3.8) is 0 Å². The van der Waals surface area contributed by atoms with Crippen molar-refractivity contribution in [2.75, 3.05) is 17.7 Å². The third-order valence-corrected chi connectivity index (χ3v) is 2.27. The molecule has 2 aromatic rings. The molecule has 2 N–H and O–H groups in total. The van der Waals surface area contributed by atoms with Gasteiger partial charge in [-0.25, -0.2) is 0 Å². The van der Waals surface area contributed by atoms with Gasteiger partial charge in [-0.1, -0.05) is 5.16 Å². The molecule has 0 spiro atoms. The van der Waals surface area contributed by atoms with Crippen LogP contribution >= 0.6 is 0 Å². The summed E-state index contributed by atoms with van der Waals surface area (Å²) in [6, 6.07) is 3.37. The quantitative estimate of drug-likeness (QED) is 0.841. The lowest BCUT2D eigenvalue weighted by atomic mass is 10.2. The molecule has 0 radical (unpaired) electrons. The number of hydrogen-bond acceptors (Lipinski definition) is 5. The first-order valence-electron chi connectivity index (χ1n) is 5.07. The number of pyridine rings is 1. The van der Waals surface area contributed by atoms with Crippen LogP contribution < -0.4 is 10.6 Å². The average Bonchev–Trinajstić information content (AvgIpc) is 2.71. The number of nitrogens with zero attached hydrogens (tertiary/aromatic N) is 2. The summed E-state index contributed by atoms with van der Waals surface area (Å²) in [6.45, 7) is 1.76. The summed E-state index contributed by atoms with van der Waals surface area (Å²) in [5, 5.41) is 9.33. The predicted molar refractivity (Wildman–Crippen MR) is 63.0 cm³/mol.